The molecule has 1 N–H and O–H groups in total. The summed E-state index contributed by atoms with van der Waals surface area (Å²) in [6.07, 6.45) is 4.18. The van der Waals surface area contributed by atoms with Gasteiger partial charge in [-0.15, -0.1) is 0 Å². The summed E-state index contributed by atoms with van der Waals surface area (Å²) in [5.41, 5.74) is 1.84. The van der Waals surface area contributed by atoms with Gasteiger partial charge in [0.25, 0.3) is 5.92 Å². The number of carbonyl (C=O) groups excluding carboxylic acids is 1. The molecule has 2 aromatic heterocycles. The second-order valence-electron chi connectivity index (χ2n) is 8.27. The van der Waals surface area contributed by atoms with E-state index in [2.05, 4.69) is 15.5 Å². The SMILES string of the molecule is Cn1cc(-n2ccc(=O)c(Cc3cccc(NC(=O)OCC(F)(F)CN4CCOCC4)c3)n2)cn1. The average Bonchev–Trinajstić information content (AvgIpc) is 3.26. The number of benzene rings is 1. The first kappa shape index (κ1) is 24.5. The van der Waals surface area contributed by atoms with E-state index in [1.807, 2.05) is 0 Å². The Labute approximate surface area is 200 Å². The molecule has 1 amide bonds. The number of nitrogens with zero attached hydrogens (tertiary/aromatic N) is 5. The van der Waals surface area contributed by atoms with Crippen molar-refractivity contribution in [3.8, 4) is 5.69 Å². The van der Waals surface area contributed by atoms with Crippen molar-refractivity contribution in [1.29, 1.82) is 0 Å². The number of aryl methyl sites for hydroxylation is 1. The molecule has 0 aliphatic carbocycles. The summed E-state index contributed by atoms with van der Waals surface area (Å²) in [6.45, 7) is 0.112. The highest BCUT2D eigenvalue weighted by molar-refractivity contribution is 5.84. The number of hydrogen-bond acceptors (Lipinski definition) is 7. The number of ether oxygens (including phenoxy) is 2. The molecular formula is C23H26F2N6O4. The van der Waals surface area contributed by atoms with E-state index in [1.165, 1.54) is 6.07 Å². The lowest BCUT2D eigenvalue weighted by molar-refractivity contribution is -0.0880. The van der Waals surface area contributed by atoms with Crippen LogP contribution in [0.1, 0.15) is 11.3 Å². The Morgan fingerprint density at radius 3 is 2.80 bits per heavy atom. The van der Waals surface area contributed by atoms with Gasteiger partial charge in [0.1, 0.15) is 11.4 Å². The summed E-state index contributed by atoms with van der Waals surface area (Å²) in [5, 5.41) is 10.9. The minimum absolute atomic E-state index is 0.210. The molecule has 1 saturated heterocycles. The number of alkyl halides is 2. The summed E-state index contributed by atoms with van der Waals surface area (Å²) in [7, 11) is 1.78. The molecule has 0 spiro atoms. The average molecular weight is 488 g/mol. The molecule has 3 aromatic rings. The number of aromatic nitrogens is 4. The zero-order valence-electron chi connectivity index (χ0n) is 19.2. The fourth-order valence-electron chi connectivity index (χ4n) is 3.65. The fraction of sp³-hybridized carbons (Fsp3) is 0.391. The Bertz CT molecular complexity index is 1220. The quantitative estimate of drug-likeness (QED) is 0.518. The van der Waals surface area contributed by atoms with Crippen molar-refractivity contribution in [3.63, 3.8) is 0 Å². The van der Waals surface area contributed by atoms with Gasteiger partial charge in [0.15, 0.2) is 6.61 Å². The number of amides is 1. The van der Waals surface area contributed by atoms with E-state index in [9.17, 15) is 18.4 Å². The van der Waals surface area contributed by atoms with Gasteiger partial charge in [-0.3, -0.25) is 19.7 Å². The lowest BCUT2D eigenvalue weighted by atomic mass is 10.1. The normalized spacial score (nSPS) is 14.6. The highest BCUT2D eigenvalue weighted by Gasteiger charge is 2.34. The van der Waals surface area contributed by atoms with Crippen molar-refractivity contribution in [3.05, 3.63) is 70.4 Å². The molecule has 0 radical (unpaired) electrons. The molecule has 0 bridgehead atoms. The topological polar surface area (TPSA) is 104 Å². The lowest BCUT2D eigenvalue weighted by Crippen LogP contribution is -2.45. The van der Waals surface area contributed by atoms with E-state index in [0.717, 1.165) is 0 Å². The van der Waals surface area contributed by atoms with Gasteiger partial charge in [0.05, 0.1) is 32.2 Å². The molecule has 35 heavy (non-hydrogen) atoms. The van der Waals surface area contributed by atoms with Crippen molar-refractivity contribution in [2.45, 2.75) is 12.3 Å². The molecule has 1 aromatic carbocycles. The highest BCUT2D eigenvalue weighted by Crippen LogP contribution is 2.18. The minimum atomic E-state index is -3.18. The van der Waals surface area contributed by atoms with Crippen LogP contribution in [0.5, 0.6) is 0 Å². The van der Waals surface area contributed by atoms with Crippen LogP contribution in [-0.2, 0) is 22.9 Å². The van der Waals surface area contributed by atoms with E-state index in [4.69, 9.17) is 9.47 Å². The number of carbonyl (C=O) groups is 1. The Morgan fingerprint density at radius 1 is 1.26 bits per heavy atom. The summed E-state index contributed by atoms with van der Waals surface area (Å²) < 4.78 is 41.5. The predicted octanol–water partition coefficient (Wildman–Crippen LogP) is 2.07. The maximum atomic E-state index is 14.2. The number of rotatable bonds is 8. The van der Waals surface area contributed by atoms with E-state index in [1.54, 1.807) is 64.2 Å². The Balaban J connectivity index is 1.35. The predicted molar refractivity (Wildman–Crippen MR) is 123 cm³/mol. The summed E-state index contributed by atoms with van der Waals surface area (Å²) in [4.78, 5) is 26.0. The Morgan fingerprint density at radius 2 is 2.06 bits per heavy atom. The zero-order valence-corrected chi connectivity index (χ0v) is 19.2. The minimum Gasteiger partial charge on any atom is -0.443 e. The molecule has 4 rings (SSSR count). The Kier molecular flexibility index (Phi) is 7.51. The van der Waals surface area contributed by atoms with Gasteiger partial charge in [-0.25, -0.2) is 18.3 Å². The molecule has 0 unspecified atom stereocenters. The first-order chi connectivity index (χ1) is 16.8. The van der Waals surface area contributed by atoms with Gasteiger partial charge < -0.3 is 9.47 Å². The molecule has 12 heteroatoms. The summed E-state index contributed by atoms with van der Waals surface area (Å²) >= 11 is 0. The highest BCUT2D eigenvalue weighted by atomic mass is 19.3. The van der Waals surface area contributed by atoms with Crippen LogP contribution < -0.4 is 10.7 Å². The number of nitrogens with one attached hydrogen (secondary N) is 1. The van der Waals surface area contributed by atoms with E-state index < -0.39 is 25.2 Å². The number of anilines is 1. The first-order valence-electron chi connectivity index (χ1n) is 11.1. The third-order valence-electron chi connectivity index (χ3n) is 5.35. The number of hydrogen-bond donors (Lipinski definition) is 1. The third kappa shape index (κ3) is 6.93. The van der Waals surface area contributed by atoms with Crippen LogP contribution in [-0.4, -0.2) is 75.9 Å². The second kappa shape index (κ2) is 10.7. The molecule has 1 aliphatic rings. The first-order valence-corrected chi connectivity index (χ1v) is 11.1. The zero-order chi connectivity index (χ0) is 24.8. The van der Waals surface area contributed by atoms with Crippen LogP contribution in [0.2, 0.25) is 0 Å². The van der Waals surface area contributed by atoms with Gasteiger partial charge in [-0.05, 0) is 17.7 Å². The van der Waals surface area contributed by atoms with Gasteiger partial charge in [0, 0.05) is 44.5 Å². The van der Waals surface area contributed by atoms with Crippen LogP contribution in [0, 0.1) is 0 Å². The molecule has 0 atom stereocenters. The van der Waals surface area contributed by atoms with Crippen molar-refractivity contribution in [2.75, 3.05) is 44.8 Å². The van der Waals surface area contributed by atoms with Gasteiger partial charge in [0.2, 0.25) is 5.43 Å². The molecule has 3 heterocycles. The van der Waals surface area contributed by atoms with E-state index >= 15 is 0 Å². The lowest BCUT2D eigenvalue weighted by Gasteiger charge is -2.29. The van der Waals surface area contributed by atoms with E-state index in [-0.39, 0.29) is 11.8 Å². The largest absolute Gasteiger partial charge is 0.443 e. The standard InChI is InChI=1S/C23H26F2N6O4/c1-29-14-19(13-26-29)31-6-5-21(32)20(28-31)12-17-3-2-4-18(11-17)27-22(33)35-16-23(24,25)15-30-7-9-34-10-8-30/h2-6,11,13-14H,7-10,12,15-16H2,1H3,(H,27,33). The fourth-order valence-corrected chi connectivity index (χ4v) is 3.65. The molecule has 10 nitrogen and oxygen atoms in total. The molecule has 0 saturated carbocycles. The third-order valence-corrected chi connectivity index (χ3v) is 5.35. The van der Waals surface area contributed by atoms with Gasteiger partial charge in [-0.2, -0.15) is 10.2 Å². The van der Waals surface area contributed by atoms with Crippen LogP contribution in [0.25, 0.3) is 5.69 Å². The van der Waals surface area contributed by atoms with E-state index in [0.29, 0.717) is 48.9 Å². The summed E-state index contributed by atoms with van der Waals surface area (Å²) in [5.74, 6) is -3.18. The van der Waals surface area contributed by atoms with Crippen molar-refractivity contribution >= 4 is 11.8 Å². The molecular weight excluding hydrogens is 462 g/mol. The van der Waals surface area contributed by atoms with Gasteiger partial charge in [-0.1, -0.05) is 12.1 Å². The Hall–Kier alpha value is -3.64. The van der Waals surface area contributed by atoms with Crippen molar-refractivity contribution in [2.24, 2.45) is 7.05 Å². The molecule has 1 fully saturated rings. The van der Waals surface area contributed by atoms with Gasteiger partial charge >= 0.3 is 6.09 Å². The number of morpholine rings is 1. The number of halogens is 2. The van der Waals surface area contributed by atoms with Crippen LogP contribution in [0.15, 0.2) is 53.7 Å². The van der Waals surface area contributed by atoms with Crippen LogP contribution in [0.4, 0.5) is 19.3 Å². The maximum absolute atomic E-state index is 14.2. The van der Waals surface area contributed by atoms with Crippen molar-refractivity contribution in [1.82, 2.24) is 24.5 Å². The monoisotopic (exact) mass is 488 g/mol. The molecule has 1 aliphatic heterocycles. The second-order valence-corrected chi connectivity index (χ2v) is 8.27. The van der Waals surface area contributed by atoms with Crippen molar-refractivity contribution < 1.29 is 23.0 Å². The smallest absolute Gasteiger partial charge is 0.411 e. The molecule has 186 valence electrons. The maximum Gasteiger partial charge on any atom is 0.411 e. The summed E-state index contributed by atoms with van der Waals surface area (Å²) in [6, 6.07) is 8.11. The van der Waals surface area contributed by atoms with Crippen LogP contribution in [0.3, 0.4) is 0 Å². The van der Waals surface area contributed by atoms with Crippen LogP contribution >= 0.6 is 0 Å².